The SMILES string of the molecule is COCc1nc(C)c(C(=O)NC2(C(=O)O)CCOC2)s1. The Bertz CT molecular complexity index is 522. The zero-order chi connectivity index (χ0) is 14.8. The minimum absolute atomic E-state index is 0.0170. The van der Waals surface area contributed by atoms with E-state index in [0.29, 0.717) is 28.8 Å². The number of rotatable bonds is 5. The molecule has 1 aromatic rings. The molecule has 7 nitrogen and oxygen atoms in total. The molecule has 1 fully saturated rings. The van der Waals surface area contributed by atoms with Crippen LogP contribution in [0, 0.1) is 6.92 Å². The van der Waals surface area contributed by atoms with E-state index in [2.05, 4.69) is 10.3 Å². The summed E-state index contributed by atoms with van der Waals surface area (Å²) in [5.41, 5.74) is -0.770. The third-order valence-corrected chi connectivity index (χ3v) is 4.23. The van der Waals surface area contributed by atoms with Crippen molar-refractivity contribution in [1.29, 1.82) is 0 Å². The van der Waals surface area contributed by atoms with E-state index in [1.807, 2.05) is 0 Å². The Morgan fingerprint density at radius 1 is 1.60 bits per heavy atom. The molecule has 20 heavy (non-hydrogen) atoms. The lowest BCUT2D eigenvalue weighted by molar-refractivity contribution is -0.144. The van der Waals surface area contributed by atoms with E-state index in [0.717, 1.165) is 0 Å². The second kappa shape index (κ2) is 5.86. The summed E-state index contributed by atoms with van der Waals surface area (Å²) in [7, 11) is 1.55. The molecule has 1 aromatic heterocycles. The first-order valence-electron chi connectivity index (χ1n) is 6.07. The van der Waals surface area contributed by atoms with Crippen LogP contribution in [0.15, 0.2) is 0 Å². The van der Waals surface area contributed by atoms with Crippen LogP contribution >= 0.6 is 11.3 Å². The number of carbonyl (C=O) groups excluding carboxylic acids is 1. The van der Waals surface area contributed by atoms with E-state index in [9.17, 15) is 14.7 Å². The fourth-order valence-corrected chi connectivity index (χ4v) is 2.94. The van der Waals surface area contributed by atoms with Crippen molar-refractivity contribution in [2.75, 3.05) is 20.3 Å². The first-order chi connectivity index (χ1) is 9.48. The van der Waals surface area contributed by atoms with Crippen molar-refractivity contribution in [3.8, 4) is 0 Å². The van der Waals surface area contributed by atoms with Crippen LogP contribution in [0.4, 0.5) is 0 Å². The van der Waals surface area contributed by atoms with Gasteiger partial charge in [-0.1, -0.05) is 0 Å². The van der Waals surface area contributed by atoms with E-state index in [1.54, 1.807) is 14.0 Å². The summed E-state index contributed by atoms with van der Waals surface area (Å²) in [4.78, 5) is 28.2. The molecule has 0 aromatic carbocycles. The van der Waals surface area contributed by atoms with Crippen molar-refractivity contribution >= 4 is 23.2 Å². The van der Waals surface area contributed by atoms with Gasteiger partial charge in [0, 0.05) is 20.1 Å². The maximum absolute atomic E-state index is 12.2. The van der Waals surface area contributed by atoms with Gasteiger partial charge in [-0.15, -0.1) is 11.3 Å². The molecule has 0 saturated carbocycles. The Morgan fingerprint density at radius 3 is 2.90 bits per heavy atom. The normalized spacial score (nSPS) is 21.9. The van der Waals surface area contributed by atoms with Crippen LogP contribution in [0.5, 0.6) is 0 Å². The van der Waals surface area contributed by atoms with Gasteiger partial charge in [0.2, 0.25) is 0 Å². The molecule has 0 radical (unpaired) electrons. The average molecular weight is 300 g/mol. The fraction of sp³-hybridized carbons (Fsp3) is 0.583. The molecule has 1 unspecified atom stereocenters. The molecule has 0 bridgehead atoms. The molecule has 1 saturated heterocycles. The van der Waals surface area contributed by atoms with E-state index in [1.165, 1.54) is 11.3 Å². The third-order valence-electron chi connectivity index (χ3n) is 3.10. The predicted octanol–water partition coefficient (Wildman–Crippen LogP) is 0.571. The minimum atomic E-state index is -1.34. The molecule has 1 amide bonds. The third kappa shape index (κ3) is 2.82. The van der Waals surface area contributed by atoms with Gasteiger partial charge < -0.3 is 19.9 Å². The van der Waals surface area contributed by atoms with Crippen molar-refractivity contribution in [2.45, 2.75) is 25.5 Å². The Hall–Kier alpha value is -1.51. The number of ether oxygens (including phenoxy) is 2. The Labute approximate surface area is 119 Å². The van der Waals surface area contributed by atoms with E-state index in [4.69, 9.17) is 9.47 Å². The maximum atomic E-state index is 12.2. The zero-order valence-electron chi connectivity index (χ0n) is 11.3. The van der Waals surface area contributed by atoms with Crippen LogP contribution in [-0.4, -0.2) is 47.8 Å². The van der Waals surface area contributed by atoms with Gasteiger partial charge in [0.1, 0.15) is 9.88 Å². The van der Waals surface area contributed by atoms with Gasteiger partial charge in [-0.3, -0.25) is 4.79 Å². The molecule has 110 valence electrons. The summed E-state index contributed by atoms with van der Waals surface area (Å²) in [6.07, 6.45) is 0.261. The Balaban J connectivity index is 2.17. The molecule has 1 atom stereocenters. The first kappa shape index (κ1) is 14.9. The monoisotopic (exact) mass is 300 g/mol. The number of carboxylic acids is 1. The van der Waals surface area contributed by atoms with Gasteiger partial charge in [-0.25, -0.2) is 9.78 Å². The topological polar surface area (TPSA) is 97.8 Å². The number of methoxy groups -OCH3 is 1. The van der Waals surface area contributed by atoms with Crippen LogP contribution in [0.1, 0.15) is 26.8 Å². The first-order valence-corrected chi connectivity index (χ1v) is 6.89. The largest absolute Gasteiger partial charge is 0.479 e. The molecule has 1 aliphatic rings. The lowest BCUT2D eigenvalue weighted by atomic mass is 9.99. The highest BCUT2D eigenvalue weighted by Gasteiger charge is 2.44. The van der Waals surface area contributed by atoms with Crippen LogP contribution in [-0.2, 0) is 20.9 Å². The van der Waals surface area contributed by atoms with Gasteiger partial charge in [-0.05, 0) is 6.92 Å². The summed E-state index contributed by atoms with van der Waals surface area (Å²) in [5, 5.41) is 12.5. The molecule has 8 heteroatoms. The highest BCUT2D eigenvalue weighted by molar-refractivity contribution is 7.13. The summed E-state index contributed by atoms with van der Waals surface area (Å²) in [6.45, 7) is 2.34. The molecule has 2 rings (SSSR count). The number of aryl methyl sites for hydroxylation is 1. The van der Waals surface area contributed by atoms with E-state index >= 15 is 0 Å². The van der Waals surface area contributed by atoms with Crippen molar-refractivity contribution in [3.05, 3.63) is 15.6 Å². The molecule has 2 N–H and O–H groups in total. The summed E-state index contributed by atoms with van der Waals surface area (Å²) in [6, 6.07) is 0. The molecule has 1 aliphatic heterocycles. The van der Waals surface area contributed by atoms with E-state index < -0.39 is 17.4 Å². The van der Waals surface area contributed by atoms with Crippen molar-refractivity contribution in [3.63, 3.8) is 0 Å². The second-order valence-corrected chi connectivity index (χ2v) is 5.68. The summed E-state index contributed by atoms with van der Waals surface area (Å²) >= 11 is 1.20. The quantitative estimate of drug-likeness (QED) is 0.825. The fourth-order valence-electron chi connectivity index (χ4n) is 2.01. The number of aromatic nitrogens is 1. The van der Waals surface area contributed by atoms with Gasteiger partial charge in [-0.2, -0.15) is 0 Å². The number of amides is 1. The highest BCUT2D eigenvalue weighted by Crippen LogP contribution is 2.23. The summed E-state index contributed by atoms with van der Waals surface area (Å²) in [5.74, 6) is -1.52. The Morgan fingerprint density at radius 2 is 2.35 bits per heavy atom. The van der Waals surface area contributed by atoms with Crippen molar-refractivity contribution < 1.29 is 24.2 Å². The number of hydrogen-bond donors (Lipinski definition) is 2. The number of thiazole rings is 1. The lowest BCUT2D eigenvalue weighted by Gasteiger charge is -2.23. The van der Waals surface area contributed by atoms with Gasteiger partial charge >= 0.3 is 5.97 Å². The number of aliphatic carboxylic acids is 1. The van der Waals surface area contributed by atoms with Crippen LogP contribution in [0.25, 0.3) is 0 Å². The van der Waals surface area contributed by atoms with E-state index in [-0.39, 0.29) is 13.0 Å². The van der Waals surface area contributed by atoms with Gasteiger partial charge in [0.25, 0.3) is 5.91 Å². The maximum Gasteiger partial charge on any atom is 0.331 e. The van der Waals surface area contributed by atoms with Crippen molar-refractivity contribution in [2.24, 2.45) is 0 Å². The predicted molar refractivity (Wildman–Crippen MR) is 70.8 cm³/mol. The minimum Gasteiger partial charge on any atom is -0.479 e. The van der Waals surface area contributed by atoms with Crippen LogP contribution < -0.4 is 5.32 Å². The molecular weight excluding hydrogens is 284 g/mol. The number of nitrogens with one attached hydrogen (secondary N) is 1. The standard InChI is InChI=1S/C12H16N2O5S/c1-7-9(20-8(13-7)5-18-2)10(15)14-12(11(16)17)3-4-19-6-12/h3-6H2,1-2H3,(H,14,15)(H,16,17). The molecule has 0 aliphatic carbocycles. The molecule has 2 heterocycles. The molecule has 0 spiro atoms. The van der Waals surface area contributed by atoms with Crippen LogP contribution in [0.2, 0.25) is 0 Å². The lowest BCUT2D eigenvalue weighted by Crippen LogP contribution is -2.55. The smallest absolute Gasteiger partial charge is 0.331 e. The average Bonchev–Trinajstić information content (AvgIpc) is 2.98. The molecular formula is C12H16N2O5S. The van der Waals surface area contributed by atoms with Gasteiger partial charge in [0.05, 0.1) is 18.9 Å². The second-order valence-electron chi connectivity index (χ2n) is 4.60. The van der Waals surface area contributed by atoms with Crippen molar-refractivity contribution in [1.82, 2.24) is 10.3 Å². The van der Waals surface area contributed by atoms with Crippen LogP contribution in [0.3, 0.4) is 0 Å². The highest BCUT2D eigenvalue weighted by atomic mass is 32.1. The Kier molecular flexibility index (Phi) is 4.36. The zero-order valence-corrected chi connectivity index (χ0v) is 12.1. The number of nitrogens with zero attached hydrogens (tertiary/aromatic N) is 1. The van der Waals surface area contributed by atoms with Gasteiger partial charge in [0.15, 0.2) is 5.54 Å². The number of carboxylic acid groups (broad SMARTS) is 1. The number of carbonyl (C=O) groups is 2. The number of hydrogen-bond acceptors (Lipinski definition) is 6. The summed E-state index contributed by atoms with van der Waals surface area (Å²) < 4.78 is 10.1.